The van der Waals surface area contributed by atoms with Crippen molar-refractivity contribution >= 4 is 21.6 Å². The van der Waals surface area contributed by atoms with Gasteiger partial charge in [0.15, 0.2) is 0 Å². The van der Waals surface area contributed by atoms with Crippen LogP contribution in [0.5, 0.6) is 0 Å². The van der Waals surface area contributed by atoms with Crippen LogP contribution in [0.3, 0.4) is 0 Å². The van der Waals surface area contributed by atoms with Crippen LogP contribution < -0.4 is 10.6 Å². The van der Waals surface area contributed by atoms with Crippen molar-refractivity contribution < 1.29 is 4.39 Å². The molecular weight excluding hydrogens is 307 g/mol. The second-order valence-electron chi connectivity index (χ2n) is 5.38. The Labute approximate surface area is 123 Å². The van der Waals surface area contributed by atoms with Gasteiger partial charge in [-0.25, -0.2) is 4.39 Å². The van der Waals surface area contributed by atoms with E-state index in [9.17, 15) is 4.39 Å². The first kappa shape index (κ1) is 14.8. The normalized spacial score (nSPS) is 21.7. The fourth-order valence-corrected chi connectivity index (χ4v) is 3.13. The third-order valence-electron chi connectivity index (χ3n) is 3.65. The number of rotatable bonds is 4. The quantitative estimate of drug-likeness (QED) is 0.860. The average molecular weight is 329 g/mol. The third kappa shape index (κ3) is 4.46. The molecule has 1 aromatic carbocycles. The molecule has 1 aliphatic rings. The largest absolute Gasteiger partial charge is 0.379 e. The number of hydrogen-bond acceptors (Lipinski definition) is 2. The Bertz CT molecular complexity index is 383. The summed E-state index contributed by atoms with van der Waals surface area (Å²) in [6.45, 7) is 3.23. The maximum atomic E-state index is 13.7. The molecule has 1 aromatic rings. The first-order valence-corrected chi connectivity index (χ1v) is 7.90. The van der Waals surface area contributed by atoms with Crippen LogP contribution >= 0.6 is 15.9 Å². The topological polar surface area (TPSA) is 24.1 Å². The van der Waals surface area contributed by atoms with E-state index in [4.69, 9.17) is 0 Å². The minimum absolute atomic E-state index is 0.199. The summed E-state index contributed by atoms with van der Waals surface area (Å²) in [6.07, 6.45) is 6.15. The standard InChI is InChI=1S/C15H22BrFN2/c1-11(10-12-6-3-2-4-9-18-12)19-15-13(16)7-5-8-14(15)17/h5,7-8,11-12,18-19H,2-4,6,9-10H2,1H3. The molecule has 0 radical (unpaired) electrons. The van der Waals surface area contributed by atoms with Crippen molar-refractivity contribution in [3.05, 3.63) is 28.5 Å². The van der Waals surface area contributed by atoms with Gasteiger partial charge in [0.25, 0.3) is 0 Å². The van der Waals surface area contributed by atoms with Gasteiger partial charge in [-0.1, -0.05) is 18.9 Å². The molecule has 0 bridgehead atoms. The van der Waals surface area contributed by atoms with Gasteiger partial charge in [0.2, 0.25) is 0 Å². The molecule has 2 N–H and O–H groups in total. The van der Waals surface area contributed by atoms with Gasteiger partial charge in [-0.2, -0.15) is 0 Å². The maximum absolute atomic E-state index is 13.7. The zero-order valence-electron chi connectivity index (χ0n) is 11.4. The van der Waals surface area contributed by atoms with E-state index in [0.717, 1.165) is 17.4 Å². The first-order valence-electron chi connectivity index (χ1n) is 7.10. The Kier molecular flexibility index (Phi) is 5.64. The summed E-state index contributed by atoms with van der Waals surface area (Å²) in [7, 11) is 0. The van der Waals surface area contributed by atoms with E-state index >= 15 is 0 Å². The highest BCUT2D eigenvalue weighted by atomic mass is 79.9. The molecule has 1 saturated heterocycles. The predicted octanol–water partition coefficient (Wildman–Crippen LogP) is 4.31. The summed E-state index contributed by atoms with van der Waals surface area (Å²) in [5.74, 6) is -0.199. The maximum Gasteiger partial charge on any atom is 0.147 e. The van der Waals surface area contributed by atoms with E-state index in [1.54, 1.807) is 6.07 Å². The van der Waals surface area contributed by atoms with Gasteiger partial charge in [0.1, 0.15) is 5.82 Å². The summed E-state index contributed by atoms with van der Waals surface area (Å²) in [4.78, 5) is 0. The number of para-hydroxylation sites is 1. The van der Waals surface area contributed by atoms with E-state index in [1.165, 1.54) is 31.7 Å². The van der Waals surface area contributed by atoms with Gasteiger partial charge < -0.3 is 10.6 Å². The second kappa shape index (κ2) is 7.25. The summed E-state index contributed by atoms with van der Waals surface area (Å²) in [5, 5.41) is 6.87. The van der Waals surface area contributed by atoms with Gasteiger partial charge in [-0.3, -0.25) is 0 Å². The van der Waals surface area contributed by atoms with Crippen molar-refractivity contribution in [2.75, 3.05) is 11.9 Å². The molecule has 1 heterocycles. The lowest BCUT2D eigenvalue weighted by molar-refractivity contribution is 0.455. The van der Waals surface area contributed by atoms with E-state index in [0.29, 0.717) is 11.7 Å². The van der Waals surface area contributed by atoms with E-state index in [-0.39, 0.29) is 11.9 Å². The van der Waals surface area contributed by atoms with E-state index in [2.05, 4.69) is 33.5 Å². The van der Waals surface area contributed by atoms with Crippen LogP contribution in [0.25, 0.3) is 0 Å². The Hall–Kier alpha value is -0.610. The van der Waals surface area contributed by atoms with Crippen LogP contribution in [0, 0.1) is 5.82 Å². The zero-order chi connectivity index (χ0) is 13.7. The smallest absolute Gasteiger partial charge is 0.147 e. The minimum atomic E-state index is -0.199. The van der Waals surface area contributed by atoms with Crippen LogP contribution in [-0.4, -0.2) is 18.6 Å². The van der Waals surface area contributed by atoms with Crippen molar-refractivity contribution in [3.63, 3.8) is 0 Å². The van der Waals surface area contributed by atoms with Crippen LogP contribution in [-0.2, 0) is 0 Å². The van der Waals surface area contributed by atoms with Gasteiger partial charge in [0, 0.05) is 16.6 Å². The number of anilines is 1. The van der Waals surface area contributed by atoms with Crippen molar-refractivity contribution in [3.8, 4) is 0 Å². The Morgan fingerprint density at radius 2 is 2.26 bits per heavy atom. The molecule has 2 nitrogen and oxygen atoms in total. The lowest BCUT2D eigenvalue weighted by atomic mass is 10.0. The molecule has 0 spiro atoms. The van der Waals surface area contributed by atoms with Crippen molar-refractivity contribution in [1.82, 2.24) is 5.32 Å². The summed E-state index contributed by atoms with van der Waals surface area (Å²) >= 11 is 3.40. The van der Waals surface area contributed by atoms with Gasteiger partial charge in [-0.15, -0.1) is 0 Å². The molecule has 0 saturated carbocycles. The molecule has 2 rings (SSSR count). The van der Waals surface area contributed by atoms with Gasteiger partial charge in [0.05, 0.1) is 5.69 Å². The fraction of sp³-hybridized carbons (Fsp3) is 0.600. The van der Waals surface area contributed by atoms with Crippen LogP contribution in [0.1, 0.15) is 39.0 Å². The molecule has 106 valence electrons. The van der Waals surface area contributed by atoms with Crippen LogP contribution in [0.4, 0.5) is 10.1 Å². The average Bonchev–Trinajstić information content (AvgIpc) is 2.63. The first-order chi connectivity index (χ1) is 9.16. The molecule has 0 aliphatic carbocycles. The molecule has 2 unspecified atom stereocenters. The monoisotopic (exact) mass is 328 g/mol. The second-order valence-corrected chi connectivity index (χ2v) is 6.23. The highest BCUT2D eigenvalue weighted by molar-refractivity contribution is 9.10. The molecule has 1 fully saturated rings. The number of benzene rings is 1. The Morgan fingerprint density at radius 3 is 3.05 bits per heavy atom. The molecule has 0 amide bonds. The summed E-state index contributed by atoms with van der Waals surface area (Å²) in [6, 6.07) is 5.87. The van der Waals surface area contributed by atoms with E-state index < -0.39 is 0 Å². The molecular formula is C15H22BrFN2. The molecule has 4 heteroatoms. The molecule has 1 aliphatic heterocycles. The van der Waals surface area contributed by atoms with Crippen LogP contribution in [0.15, 0.2) is 22.7 Å². The van der Waals surface area contributed by atoms with E-state index in [1.807, 2.05) is 6.07 Å². The summed E-state index contributed by atoms with van der Waals surface area (Å²) in [5.41, 5.74) is 0.573. The molecule has 0 aromatic heterocycles. The van der Waals surface area contributed by atoms with Crippen molar-refractivity contribution in [2.45, 2.75) is 51.1 Å². The number of hydrogen-bond donors (Lipinski definition) is 2. The molecule has 2 atom stereocenters. The fourth-order valence-electron chi connectivity index (χ4n) is 2.67. The highest BCUT2D eigenvalue weighted by Crippen LogP contribution is 2.26. The Morgan fingerprint density at radius 1 is 1.42 bits per heavy atom. The lowest BCUT2D eigenvalue weighted by Gasteiger charge is -2.23. The lowest BCUT2D eigenvalue weighted by Crippen LogP contribution is -2.33. The molecule has 19 heavy (non-hydrogen) atoms. The van der Waals surface area contributed by atoms with Gasteiger partial charge >= 0.3 is 0 Å². The van der Waals surface area contributed by atoms with Crippen molar-refractivity contribution in [2.24, 2.45) is 0 Å². The Balaban J connectivity index is 1.91. The van der Waals surface area contributed by atoms with Crippen LogP contribution in [0.2, 0.25) is 0 Å². The predicted molar refractivity (Wildman–Crippen MR) is 82.1 cm³/mol. The van der Waals surface area contributed by atoms with Gasteiger partial charge in [-0.05, 0) is 60.8 Å². The SMILES string of the molecule is CC(CC1CCCCCN1)Nc1c(F)cccc1Br. The highest BCUT2D eigenvalue weighted by Gasteiger charge is 2.16. The van der Waals surface area contributed by atoms with Crippen molar-refractivity contribution in [1.29, 1.82) is 0 Å². The number of halogens is 2. The minimum Gasteiger partial charge on any atom is -0.379 e. The third-order valence-corrected chi connectivity index (χ3v) is 4.31. The zero-order valence-corrected chi connectivity index (χ0v) is 13.0. The number of nitrogens with one attached hydrogen (secondary N) is 2. The summed E-state index contributed by atoms with van der Waals surface area (Å²) < 4.78 is 14.5.